The summed E-state index contributed by atoms with van der Waals surface area (Å²) in [4.78, 5) is 38.3. The lowest BCUT2D eigenvalue weighted by atomic mass is 10.0. The molecule has 76 heavy (non-hydrogen) atoms. The highest BCUT2D eigenvalue weighted by atomic mass is 16.6. The first-order valence-electron chi connectivity index (χ1n) is 31.5. The molecule has 0 aliphatic rings. The van der Waals surface area contributed by atoms with Crippen molar-refractivity contribution in [3.63, 3.8) is 0 Å². The molecule has 6 heteroatoms. The van der Waals surface area contributed by atoms with Crippen molar-refractivity contribution in [1.82, 2.24) is 0 Å². The summed E-state index contributed by atoms with van der Waals surface area (Å²) in [6, 6.07) is 0. The molecule has 0 fully saturated rings. The van der Waals surface area contributed by atoms with Crippen molar-refractivity contribution >= 4 is 17.9 Å². The van der Waals surface area contributed by atoms with E-state index in [4.69, 9.17) is 14.2 Å². The first-order chi connectivity index (χ1) is 37.5. The van der Waals surface area contributed by atoms with Crippen molar-refractivity contribution in [2.75, 3.05) is 13.2 Å². The molecule has 0 spiro atoms. The minimum absolute atomic E-state index is 0.0984. The highest BCUT2D eigenvalue weighted by molar-refractivity contribution is 5.71. The van der Waals surface area contributed by atoms with Crippen LogP contribution in [0.4, 0.5) is 0 Å². The summed E-state index contributed by atoms with van der Waals surface area (Å²) in [7, 11) is 0. The molecule has 0 bridgehead atoms. The molecule has 0 aromatic rings. The SMILES string of the molecule is CC/C=C\C/C=C\C/C=C\C/C=C\C/C=C\C/C=C\CCCCC(=O)OCC(COC(=O)CCCCCCCCCCCCCCCCCCCC)OC(=O)CCCCCCCC/C=C\C/C=C\C/C=C\C/C=C\CC. The van der Waals surface area contributed by atoms with Crippen molar-refractivity contribution in [1.29, 1.82) is 0 Å². The molecule has 0 saturated heterocycles. The lowest BCUT2D eigenvalue weighted by Gasteiger charge is -2.18. The third-order valence-corrected chi connectivity index (χ3v) is 13.2. The van der Waals surface area contributed by atoms with Crippen LogP contribution < -0.4 is 0 Å². The molecule has 0 aliphatic heterocycles. The fourth-order valence-corrected chi connectivity index (χ4v) is 8.56. The Morgan fingerprint density at radius 2 is 0.513 bits per heavy atom. The van der Waals surface area contributed by atoms with E-state index in [0.717, 1.165) is 128 Å². The van der Waals surface area contributed by atoms with E-state index in [9.17, 15) is 14.4 Å². The second-order valence-corrected chi connectivity index (χ2v) is 20.6. The lowest BCUT2D eigenvalue weighted by Crippen LogP contribution is -2.30. The molecule has 0 N–H and O–H groups in total. The highest BCUT2D eigenvalue weighted by Gasteiger charge is 2.19. The molecule has 0 aromatic carbocycles. The van der Waals surface area contributed by atoms with Crippen molar-refractivity contribution in [3.8, 4) is 0 Å². The topological polar surface area (TPSA) is 78.9 Å². The van der Waals surface area contributed by atoms with Gasteiger partial charge >= 0.3 is 17.9 Å². The van der Waals surface area contributed by atoms with E-state index in [0.29, 0.717) is 25.7 Å². The zero-order chi connectivity index (χ0) is 55.0. The second-order valence-electron chi connectivity index (χ2n) is 20.6. The zero-order valence-electron chi connectivity index (χ0n) is 49.5. The Balaban J connectivity index is 4.49. The van der Waals surface area contributed by atoms with Gasteiger partial charge in [0.1, 0.15) is 13.2 Å². The van der Waals surface area contributed by atoms with Crippen LogP contribution >= 0.6 is 0 Å². The predicted molar refractivity (Wildman–Crippen MR) is 330 cm³/mol. The van der Waals surface area contributed by atoms with E-state index in [1.807, 2.05) is 0 Å². The van der Waals surface area contributed by atoms with Gasteiger partial charge < -0.3 is 14.2 Å². The van der Waals surface area contributed by atoms with Crippen LogP contribution in [-0.2, 0) is 28.6 Å². The standard InChI is InChI=1S/C70H116O6/c1-4-7-10-13-16-19-22-25-28-31-34-35-37-39-42-45-48-51-54-57-60-63-69(72)75-66-67(65-74-68(71)62-59-56-53-50-47-44-41-38-33-30-27-24-21-18-15-12-9-6-3)76-70(73)64-61-58-55-52-49-46-43-40-36-32-29-26-23-20-17-14-11-8-5-2/h7-8,10-11,16-17,19-20,25-26,28-29,34-36,39-40,42,48,51,67H,4-6,9,12-15,18,21-24,27,30-33,37-38,41,43-47,49-50,52-66H2,1-3H3/b10-7-,11-8-,19-16-,20-17-,28-25-,29-26-,35-34-,40-36-,42-39-,51-48-. The Bertz CT molecular complexity index is 1590. The number of hydrogen-bond acceptors (Lipinski definition) is 6. The van der Waals surface area contributed by atoms with Gasteiger partial charge in [0, 0.05) is 19.3 Å². The maximum absolute atomic E-state index is 12.9. The van der Waals surface area contributed by atoms with Gasteiger partial charge in [0.25, 0.3) is 0 Å². The molecule has 0 aliphatic carbocycles. The van der Waals surface area contributed by atoms with Crippen LogP contribution in [-0.4, -0.2) is 37.2 Å². The molecular weight excluding hydrogens is 937 g/mol. The highest BCUT2D eigenvalue weighted by Crippen LogP contribution is 2.16. The first-order valence-corrected chi connectivity index (χ1v) is 31.5. The van der Waals surface area contributed by atoms with Gasteiger partial charge in [0.15, 0.2) is 6.10 Å². The fraction of sp³-hybridized carbons (Fsp3) is 0.671. The van der Waals surface area contributed by atoms with E-state index >= 15 is 0 Å². The van der Waals surface area contributed by atoms with Crippen molar-refractivity contribution in [2.24, 2.45) is 0 Å². The maximum atomic E-state index is 12.9. The number of unbranched alkanes of at least 4 members (excludes halogenated alkanes) is 25. The maximum Gasteiger partial charge on any atom is 0.306 e. The summed E-state index contributed by atoms with van der Waals surface area (Å²) in [6.45, 7) is 6.39. The Hall–Kier alpha value is -4.19. The van der Waals surface area contributed by atoms with Crippen molar-refractivity contribution in [2.45, 2.75) is 290 Å². The van der Waals surface area contributed by atoms with Crippen molar-refractivity contribution in [3.05, 3.63) is 122 Å². The smallest absolute Gasteiger partial charge is 0.306 e. The first kappa shape index (κ1) is 71.8. The van der Waals surface area contributed by atoms with Crippen LogP contribution in [0.15, 0.2) is 122 Å². The third-order valence-electron chi connectivity index (χ3n) is 13.2. The summed E-state index contributed by atoms with van der Waals surface area (Å²) < 4.78 is 16.9. The van der Waals surface area contributed by atoms with Crippen LogP contribution in [0.25, 0.3) is 0 Å². The zero-order valence-corrected chi connectivity index (χ0v) is 49.5. The van der Waals surface area contributed by atoms with Gasteiger partial charge in [0.2, 0.25) is 0 Å². The van der Waals surface area contributed by atoms with Crippen molar-refractivity contribution < 1.29 is 28.6 Å². The number of carbonyl (C=O) groups is 3. The summed E-state index contributed by atoms with van der Waals surface area (Å²) in [5, 5.41) is 0. The molecule has 0 rings (SSSR count). The Labute approximate surface area is 469 Å². The monoisotopic (exact) mass is 1050 g/mol. The van der Waals surface area contributed by atoms with Gasteiger partial charge in [-0.3, -0.25) is 14.4 Å². The van der Waals surface area contributed by atoms with Crippen LogP contribution in [0.5, 0.6) is 0 Å². The van der Waals surface area contributed by atoms with Crippen LogP contribution in [0.2, 0.25) is 0 Å². The predicted octanol–water partition coefficient (Wildman–Crippen LogP) is 21.6. The largest absolute Gasteiger partial charge is 0.462 e. The molecule has 0 radical (unpaired) electrons. The van der Waals surface area contributed by atoms with Gasteiger partial charge in [-0.05, 0) is 109 Å². The van der Waals surface area contributed by atoms with E-state index in [1.54, 1.807) is 0 Å². The molecule has 1 unspecified atom stereocenters. The molecule has 432 valence electrons. The number of allylic oxidation sites excluding steroid dienone is 20. The quantitative estimate of drug-likeness (QED) is 0.0261. The van der Waals surface area contributed by atoms with E-state index in [-0.39, 0.29) is 31.1 Å². The van der Waals surface area contributed by atoms with Gasteiger partial charge in [-0.25, -0.2) is 0 Å². The van der Waals surface area contributed by atoms with E-state index in [2.05, 4.69) is 142 Å². The minimum atomic E-state index is -0.807. The van der Waals surface area contributed by atoms with E-state index < -0.39 is 6.10 Å². The molecule has 0 heterocycles. The van der Waals surface area contributed by atoms with Crippen LogP contribution in [0.3, 0.4) is 0 Å². The molecule has 0 saturated carbocycles. The van der Waals surface area contributed by atoms with Crippen LogP contribution in [0.1, 0.15) is 284 Å². The number of carbonyl (C=O) groups excluding carboxylic acids is 3. The van der Waals surface area contributed by atoms with Gasteiger partial charge in [0.05, 0.1) is 0 Å². The number of ether oxygens (including phenoxy) is 3. The normalized spacial score (nSPS) is 12.9. The summed E-state index contributed by atoms with van der Waals surface area (Å²) in [6.07, 6.45) is 87.7. The number of rotatable bonds is 56. The van der Waals surface area contributed by atoms with Gasteiger partial charge in [-0.15, -0.1) is 0 Å². The molecular formula is C70H116O6. The minimum Gasteiger partial charge on any atom is -0.462 e. The van der Waals surface area contributed by atoms with Gasteiger partial charge in [-0.2, -0.15) is 0 Å². The Morgan fingerprint density at radius 3 is 0.829 bits per heavy atom. The Kier molecular flexibility index (Phi) is 59.9. The van der Waals surface area contributed by atoms with Gasteiger partial charge in [-0.1, -0.05) is 277 Å². The third kappa shape index (κ3) is 60.7. The summed E-state index contributed by atoms with van der Waals surface area (Å²) >= 11 is 0. The number of hydrogen-bond donors (Lipinski definition) is 0. The molecule has 0 amide bonds. The molecule has 0 aromatic heterocycles. The average molecular weight is 1050 g/mol. The van der Waals surface area contributed by atoms with Crippen LogP contribution in [0, 0.1) is 0 Å². The fourth-order valence-electron chi connectivity index (χ4n) is 8.56. The molecule has 6 nitrogen and oxygen atoms in total. The summed E-state index contributed by atoms with van der Waals surface area (Å²) in [5.41, 5.74) is 0. The summed E-state index contributed by atoms with van der Waals surface area (Å²) in [5.74, 6) is -0.951. The Morgan fingerprint density at radius 1 is 0.276 bits per heavy atom. The lowest BCUT2D eigenvalue weighted by molar-refractivity contribution is -0.167. The van der Waals surface area contributed by atoms with E-state index in [1.165, 1.54) is 109 Å². The second kappa shape index (κ2) is 63.3. The number of esters is 3. The molecule has 1 atom stereocenters. The average Bonchev–Trinajstić information content (AvgIpc) is 3.42.